The molecule has 5 heteroatoms. The third kappa shape index (κ3) is 4.24. The van der Waals surface area contributed by atoms with Crippen LogP contribution in [0, 0.1) is 0 Å². The minimum absolute atomic E-state index is 0.269. The first-order valence-corrected chi connectivity index (χ1v) is 12.4. The van der Waals surface area contributed by atoms with Crippen LogP contribution in [0.4, 0.5) is 5.69 Å². The predicted octanol–water partition coefficient (Wildman–Crippen LogP) is 6.47. The number of rotatable bonds is 8. The summed E-state index contributed by atoms with van der Waals surface area (Å²) in [7, 11) is 1.54. The van der Waals surface area contributed by atoms with E-state index in [1.165, 1.54) is 7.11 Å². The summed E-state index contributed by atoms with van der Waals surface area (Å²) < 4.78 is 7.37. The lowest BCUT2D eigenvalue weighted by Crippen LogP contribution is -2.38. The smallest absolute Gasteiger partial charge is 0.184 e. The molecule has 0 amide bonds. The summed E-state index contributed by atoms with van der Waals surface area (Å²) in [5.41, 5.74) is 17.9. The van der Waals surface area contributed by atoms with Crippen LogP contribution >= 0.6 is 0 Å². The molecule has 0 unspecified atom stereocenters. The van der Waals surface area contributed by atoms with Gasteiger partial charge in [0, 0.05) is 22.7 Å². The van der Waals surface area contributed by atoms with Crippen LogP contribution in [0.25, 0.3) is 16.5 Å². The molecule has 5 rings (SSSR count). The van der Waals surface area contributed by atoms with Gasteiger partial charge in [0.1, 0.15) is 11.2 Å². The number of nitrogens with zero attached hydrogens (tertiary/aromatic N) is 2. The molecular weight excluding hydrogens is 468 g/mol. The van der Waals surface area contributed by atoms with Gasteiger partial charge in [-0.1, -0.05) is 110 Å². The van der Waals surface area contributed by atoms with Gasteiger partial charge < -0.3 is 16.2 Å². The van der Waals surface area contributed by atoms with E-state index in [-0.39, 0.29) is 5.88 Å². The first-order valence-electron chi connectivity index (χ1n) is 12.4. The zero-order chi connectivity index (χ0) is 26.5. The molecule has 38 heavy (non-hydrogen) atoms. The predicted molar refractivity (Wildman–Crippen MR) is 156 cm³/mol. The SMILES string of the molecule is C=C/C=C(\C=C(/N)OC)c1nn(C(c2ccccc2)(c2ccccc2)c2ccccc2)c2ccc(N)cc12. The molecule has 0 radical (unpaired) electrons. The van der Waals surface area contributed by atoms with E-state index >= 15 is 0 Å². The Morgan fingerprint density at radius 3 is 1.84 bits per heavy atom. The van der Waals surface area contributed by atoms with Crippen LogP contribution < -0.4 is 11.5 Å². The monoisotopic (exact) mass is 498 g/mol. The molecule has 0 saturated heterocycles. The van der Waals surface area contributed by atoms with Crippen molar-refractivity contribution in [2.24, 2.45) is 5.73 Å². The van der Waals surface area contributed by atoms with Crippen molar-refractivity contribution in [2.75, 3.05) is 12.8 Å². The first kappa shape index (κ1) is 24.7. The number of fused-ring (bicyclic) bond motifs is 1. The van der Waals surface area contributed by atoms with E-state index in [4.69, 9.17) is 21.3 Å². The number of anilines is 1. The van der Waals surface area contributed by atoms with Gasteiger partial charge in [-0.05, 0) is 34.9 Å². The Kier molecular flexibility index (Phi) is 6.83. The second-order valence-electron chi connectivity index (χ2n) is 8.95. The summed E-state index contributed by atoms with van der Waals surface area (Å²) in [6, 6.07) is 37.2. The van der Waals surface area contributed by atoms with Crippen LogP contribution in [0.2, 0.25) is 0 Å². The average Bonchev–Trinajstić information content (AvgIpc) is 3.33. The highest BCUT2D eigenvalue weighted by Crippen LogP contribution is 2.43. The van der Waals surface area contributed by atoms with E-state index in [9.17, 15) is 0 Å². The summed E-state index contributed by atoms with van der Waals surface area (Å²) in [6.07, 6.45) is 5.34. The standard InChI is InChI=1S/C33H30N4O/c1-3-13-24(22-31(35)38-2)32-29-23-28(34)20-21-30(29)37(36-32)33(25-14-7-4-8-15-25,26-16-9-5-10-17-26)27-18-11-6-12-19-27/h3-23H,1,34-35H2,2H3/b24-13+,31-22+. The zero-order valence-corrected chi connectivity index (χ0v) is 21.3. The van der Waals surface area contributed by atoms with Gasteiger partial charge in [-0.3, -0.25) is 0 Å². The first-order chi connectivity index (χ1) is 18.6. The van der Waals surface area contributed by atoms with Gasteiger partial charge in [-0.25, -0.2) is 4.68 Å². The number of hydrogen-bond donors (Lipinski definition) is 2. The Morgan fingerprint density at radius 1 is 0.842 bits per heavy atom. The Hall–Kier alpha value is -5.03. The van der Waals surface area contributed by atoms with Crippen molar-refractivity contribution in [1.82, 2.24) is 9.78 Å². The molecule has 0 saturated carbocycles. The van der Waals surface area contributed by atoms with Crippen molar-refractivity contribution in [3.63, 3.8) is 0 Å². The van der Waals surface area contributed by atoms with Crippen molar-refractivity contribution >= 4 is 22.2 Å². The van der Waals surface area contributed by atoms with Crippen LogP contribution in [0.15, 0.2) is 140 Å². The Bertz CT molecular complexity index is 1520. The van der Waals surface area contributed by atoms with E-state index in [0.717, 1.165) is 38.9 Å². The molecule has 0 bridgehead atoms. The van der Waals surface area contributed by atoms with Crippen molar-refractivity contribution in [3.8, 4) is 0 Å². The molecule has 4 aromatic carbocycles. The van der Waals surface area contributed by atoms with Gasteiger partial charge in [0.05, 0.1) is 12.6 Å². The molecule has 5 aromatic rings. The Morgan fingerprint density at radius 2 is 1.37 bits per heavy atom. The Balaban J connectivity index is 1.97. The topological polar surface area (TPSA) is 79.1 Å². The van der Waals surface area contributed by atoms with E-state index in [0.29, 0.717) is 5.69 Å². The molecule has 0 aliphatic carbocycles. The van der Waals surface area contributed by atoms with Crippen LogP contribution in [-0.2, 0) is 10.3 Å². The zero-order valence-electron chi connectivity index (χ0n) is 21.3. The lowest BCUT2D eigenvalue weighted by molar-refractivity contribution is 0.288. The molecule has 0 aliphatic rings. The summed E-state index contributed by atoms with van der Waals surface area (Å²) >= 11 is 0. The van der Waals surface area contributed by atoms with Gasteiger partial charge in [0.25, 0.3) is 0 Å². The highest BCUT2D eigenvalue weighted by molar-refractivity contribution is 5.95. The van der Waals surface area contributed by atoms with E-state index in [1.54, 1.807) is 12.2 Å². The highest BCUT2D eigenvalue weighted by Gasteiger charge is 2.41. The number of ether oxygens (including phenoxy) is 1. The highest BCUT2D eigenvalue weighted by atomic mass is 16.5. The maximum Gasteiger partial charge on any atom is 0.184 e. The van der Waals surface area contributed by atoms with Gasteiger partial charge in [0.2, 0.25) is 0 Å². The van der Waals surface area contributed by atoms with Gasteiger partial charge in [-0.15, -0.1) is 0 Å². The number of nitrogen functional groups attached to an aromatic ring is 1. The van der Waals surface area contributed by atoms with Crippen LogP contribution in [0.5, 0.6) is 0 Å². The van der Waals surface area contributed by atoms with Crippen molar-refractivity contribution < 1.29 is 4.74 Å². The normalized spacial score (nSPS) is 12.4. The van der Waals surface area contributed by atoms with Crippen LogP contribution in [-0.4, -0.2) is 16.9 Å². The second-order valence-corrected chi connectivity index (χ2v) is 8.95. The van der Waals surface area contributed by atoms with E-state index in [1.807, 2.05) is 42.5 Å². The van der Waals surface area contributed by atoms with E-state index < -0.39 is 5.54 Å². The molecule has 0 spiro atoms. The van der Waals surface area contributed by atoms with Gasteiger partial charge in [0.15, 0.2) is 5.88 Å². The number of nitrogens with two attached hydrogens (primary N) is 2. The molecule has 188 valence electrons. The maximum atomic E-state index is 6.30. The fourth-order valence-corrected chi connectivity index (χ4v) is 5.04. The van der Waals surface area contributed by atoms with E-state index in [2.05, 4.69) is 84.1 Å². The molecule has 0 atom stereocenters. The molecule has 4 N–H and O–H groups in total. The average molecular weight is 499 g/mol. The van der Waals surface area contributed by atoms with Crippen LogP contribution in [0.3, 0.4) is 0 Å². The third-order valence-electron chi connectivity index (χ3n) is 6.70. The van der Waals surface area contributed by atoms with Crippen molar-refractivity contribution in [2.45, 2.75) is 5.54 Å². The molecule has 0 fully saturated rings. The molecular formula is C33H30N4O. The fourth-order valence-electron chi connectivity index (χ4n) is 5.04. The summed E-state index contributed by atoms with van der Waals surface area (Å²) in [5, 5.41) is 6.22. The molecule has 1 aromatic heterocycles. The lowest BCUT2D eigenvalue weighted by Gasteiger charge is -2.37. The quantitative estimate of drug-likeness (QED) is 0.111. The molecule has 1 heterocycles. The number of aromatic nitrogens is 2. The van der Waals surface area contributed by atoms with Crippen molar-refractivity contribution in [3.05, 3.63) is 162 Å². The third-order valence-corrected chi connectivity index (χ3v) is 6.70. The Labute approximate surface area is 223 Å². The van der Waals surface area contributed by atoms with Crippen molar-refractivity contribution in [1.29, 1.82) is 0 Å². The minimum atomic E-state index is -0.786. The lowest BCUT2D eigenvalue weighted by atomic mass is 9.77. The minimum Gasteiger partial charge on any atom is -0.483 e. The van der Waals surface area contributed by atoms with Gasteiger partial charge in [-0.2, -0.15) is 5.10 Å². The summed E-state index contributed by atoms with van der Waals surface area (Å²) in [6.45, 7) is 3.91. The largest absolute Gasteiger partial charge is 0.483 e. The van der Waals surface area contributed by atoms with Gasteiger partial charge >= 0.3 is 0 Å². The number of hydrogen-bond acceptors (Lipinski definition) is 4. The molecule has 5 nitrogen and oxygen atoms in total. The molecule has 0 aliphatic heterocycles. The number of benzene rings is 4. The van der Waals surface area contributed by atoms with Crippen LogP contribution in [0.1, 0.15) is 22.4 Å². The maximum absolute atomic E-state index is 6.30. The summed E-state index contributed by atoms with van der Waals surface area (Å²) in [4.78, 5) is 0. The number of allylic oxidation sites excluding steroid dienone is 4. The summed E-state index contributed by atoms with van der Waals surface area (Å²) in [5.74, 6) is 0.269. The fraction of sp³-hybridized carbons (Fsp3) is 0.0606. The number of methoxy groups -OCH3 is 1. The second kappa shape index (κ2) is 10.5.